The number of nitrogens with one attached hydrogen (secondary N) is 1. The standard InChI is InChI=1S/C20H27N5O2S.C2HF3O2/c1-13-18(28-14(2)24-13)11-25-7-4-16-15(10-25)12-27-17(16)8-20(26)23-9-19-21-5-3-6-22-19;3-2(4,5)1(6)7/h3,5-6,15-17H,4,7-12H2,1-2H3,(H,23,26);(H,6,7)/t15-,16-,17+;/m1./s1. The number of aliphatic carboxylic acids is 1. The number of hydrogen-bond acceptors (Lipinski definition) is 8. The van der Waals surface area contributed by atoms with Gasteiger partial charge in [0.1, 0.15) is 5.82 Å². The summed E-state index contributed by atoms with van der Waals surface area (Å²) in [5, 5.41) is 11.2. The van der Waals surface area contributed by atoms with Crippen LogP contribution in [-0.2, 0) is 27.4 Å². The van der Waals surface area contributed by atoms with E-state index in [0.29, 0.717) is 30.6 Å². The van der Waals surface area contributed by atoms with Crippen LogP contribution in [0.2, 0.25) is 0 Å². The van der Waals surface area contributed by atoms with E-state index in [2.05, 4.69) is 39.0 Å². The fourth-order valence-electron chi connectivity index (χ4n) is 4.29. The van der Waals surface area contributed by atoms with Crippen LogP contribution in [0.25, 0.3) is 0 Å². The van der Waals surface area contributed by atoms with E-state index in [1.807, 2.05) is 0 Å². The molecule has 4 rings (SSSR count). The summed E-state index contributed by atoms with van der Waals surface area (Å²) >= 11 is 1.80. The van der Waals surface area contributed by atoms with Crippen LogP contribution in [0.3, 0.4) is 0 Å². The molecule has 3 atom stereocenters. The van der Waals surface area contributed by atoms with E-state index in [1.54, 1.807) is 29.8 Å². The van der Waals surface area contributed by atoms with Gasteiger partial charge in [0.15, 0.2) is 0 Å². The number of thiazole rings is 1. The molecule has 0 aliphatic carbocycles. The number of ether oxygens (including phenoxy) is 1. The second-order valence-corrected chi connectivity index (χ2v) is 9.80. The molecule has 0 spiro atoms. The predicted molar refractivity (Wildman–Crippen MR) is 120 cm³/mol. The molecule has 0 saturated carbocycles. The Morgan fingerprint density at radius 1 is 1.29 bits per heavy atom. The topological polar surface area (TPSA) is 118 Å². The zero-order chi connectivity index (χ0) is 25.6. The minimum atomic E-state index is -5.08. The fraction of sp³-hybridized carbons (Fsp3) is 0.591. The molecule has 0 unspecified atom stereocenters. The molecule has 192 valence electrons. The van der Waals surface area contributed by atoms with Gasteiger partial charge in [0.05, 0.1) is 36.4 Å². The Balaban J connectivity index is 0.000000429. The third kappa shape index (κ3) is 7.94. The van der Waals surface area contributed by atoms with Crippen molar-refractivity contribution < 1.29 is 32.6 Å². The summed E-state index contributed by atoms with van der Waals surface area (Å²) in [5.41, 5.74) is 1.16. The summed E-state index contributed by atoms with van der Waals surface area (Å²) in [6.45, 7) is 8.34. The number of halogens is 3. The second-order valence-electron chi connectivity index (χ2n) is 8.51. The summed E-state index contributed by atoms with van der Waals surface area (Å²) in [5.74, 6) is -1.13. The third-order valence-corrected chi connectivity index (χ3v) is 7.00. The number of carbonyl (C=O) groups is 2. The number of hydrogen-bond donors (Lipinski definition) is 2. The second kappa shape index (κ2) is 11.9. The molecule has 2 N–H and O–H groups in total. The number of carboxylic acid groups (broad SMARTS) is 1. The van der Waals surface area contributed by atoms with Gasteiger partial charge in [0.25, 0.3) is 0 Å². The maximum atomic E-state index is 12.3. The first-order chi connectivity index (χ1) is 16.5. The molecule has 0 bridgehead atoms. The molecular weight excluding hydrogens is 487 g/mol. The Morgan fingerprint density at radius 2 is 1.97 bits per heavy atom. The lowest BCUT2D eigenvalue weighted by molar-refractivity contribution is -0.192. The smallest absolute Gasteiger partial charge is 0.475 e. The molecule has 2 aromatic heterocycles. The first kappa shape index (κ1) is 27.0. The van der Waals surface area contributed by atoms with Gasteiger partial charge in [0.2, 0.25) is 5.91 Å². The fourth-order valence-corrected chi connectivity index (χ4v) is 5.27. The summed E-state index contributed by atoms with van der Waals surface area (Å²) in [6, 6.07) is 1.77. The molecule has 0 aromatic carbocycles. The SMILES string of the molecule is Cc1nc(C)c(CN2CC[C@@H]3[C@@H](CO[C@H]3CC(=O)NCc3ncccn3)C2)s1.O=C(O)C(F)(F)F. The van der Waals surface area contributed by atoms with Crippen LogP contribution in [0.15, 0.2) is 18.5 Å². The van der Waals surface area contributed by atoms with Crippen molar-refractivity contribution >= 4 is 23.2 Å². The summed E-state index contributed by atoms with van der Waals surface area (Å²) in [4.78, 5) is 37.9. The number of aromatic nitrogens is 3. The molecule has 1 amide bonds. The van der Waals surface area contributed by atoms with Gasteiger partial charge in [0, 0.05) is 36.3 Å². The lowest BCUT2D eigenvalue weighted by Gasteiger charge is -2.35. The van der Waals surface area contributed by atoms with Gasteiger partial charge in [-0.15, -0.1) is 11.3 Å². The zero-order valence-electron chi connectivity index (χ0n) is 19.4. The van der Waals surface area contributed by atoms with Gasteiger partial charge in [-0.2, -0.15) is 13.2 Å². The maximum absolute atomic E-state index is 12.3. The number of alkyl halides is 3. The van der Waals surface area contributed by atoms with E-state index in [9.17, 15) is 18.0 Å². The Labute approximate surface area is 204 Å². The number of carbonyl (C=O) groups excluding carboxylic acids is 1. The highest BCUT2D eigenvalue weighted by Gasteiger charge is 2.41. The molecule has 0 radical (unpaired) electrons. The monoisotopic (exact) mass is 515 g/mol. The third-order valence-electron chi connectivity index (χ3n) is 5.94. The minimum absolute atomic E-state index is 0.0105. The highest BCUT2D eigenvalue weighted by Crippen LogP contribution is 2.36. The molecule has 2 saturated heterocycles. The van der Waals surface area contributed by atoms with Crippen molar-refractivity contribution in [1.82, 2.24) is 25.2 Å². The van der Waals surface area contributed by atoms with E-state index in [1.165, 1.54) is 4.88 Å². The molecule has 2 aromatic rings. The normalized spacial score (nSPS) is 22.1. The van der Waals surface area contributed by atoms with Crippen molar-refractivity contribution in [2.75, 3.05) is 19.7 Å². The average Bonchev–Trinajstić information content (AvgIpc) is 3.34. The first-order valence-corrected chi connectivity index (χ1v) is 11.9. The van der Waals surface area contributed by atoms with Gasteiger partial charge < -0.3 is 15.2 Å². The van der Waals surface area contributed by atoms with E-state index in [4.69, 9.17) is 14.6 Å². The van der Waals surface area contributed by atoms with Crippen LogP contribution in [0.4, 0.5) is 13.2 Å². The number of likely N-dealkylation sites (tertiary alicyclic amines) is 1. The van der Waals surface area contributed by atoms with Crippen molar-refractivity contribution in [2.45, 2.75) is 52.1 Å². The van der Waals surface area contributed by atoms with E-state index < -0.39 is 12.1 Å². The summed E-state index contributed by atoms with van der Waals surface area (Å²) in [7, 11) is 0. The van der Waals surface area contributed by atoms with Gasteiger partial charge >= 0.3 is 12.1 Å². The summed E-state index contributed by atoms with van der Waals surface area (Å²) < 4.78 is 37.8. The van der Waals surface area contributed by atoms with E-state index in [0.717, 1.165) is 43.4 Å². The molecule has 9 nitrogen and oxygen atoms in total. The molecule has 2 fully saturated rings. The van der Waals surface area contributed by atoms with Crippen LogP contribution >= 0.6 is 11.3 Å². The molecule has 2 aliphatic heterocycles. The largest absolute Gasteiger partial charge is 0.490 e. The number of nitrogens with zero attached hydrogens (tertiary/aromatic N) is 4. The number of fused-ring (bicyclic) bond motifs is 1. The average molecular weight is 516 g/mol. The highest BCUT2D eigenvalue weighted by atomic mass is 32.1. The highest BCUT2D eigenvalue weighted by molar-refractivity contribution is 7.11. The van der Waals surface area contributed by atoms with Crippen molar-refractivity contribution in [2.24, 2.45) is 11.8 Å². The van der Waals surface area contributed by atoms with Crippen LogP contribution < -0.4 is 5.32 Å². The van der Waals surface area contributed by atoms with Gasteiger partial charge in [-0.1, -0.05) is 0 Å². The van der Waals surface area contributed by atoms with Crippen LogP contribution in [-0.4, -0.2) is 68.8 Å². The Kier molecular flexibility index (Phi) is 9.14. The summed E-state index contributed by atoms with van der Waals surface area (Å²) in [6.07, 6.45) is -0.192. The van der Waals surface area contributed by atoms with Gasteiger partial charge in [-0.3, -0.25) is 9.69 Å². The Bertz CT molecular complexity index is 1000. The van der Waals surface area contributed by atoms with E-state index in [-0.39, 0.29) is 12.0 Å². The number of piperidine rings is 1. The quantitative estimate of drug-likeness (QED) is 0.603. The zero-order valence-corrected chi connectivity index (χ0v) is 20.2. The molecule has 35 heavy (non-hydrogen) atoms. The van der Waals surface area contributed by atoms with Crippen LogP contribution in [0, 0.1) is 25.7 Å². The van der Waals surface area contributed by atoms with E-state index >= 15 is 0 Å². The van der Waals surface area contributed by atoms with Crippen LogP contribution in [0.5, 0.6) is 0 Å². The maximum Gasteiger partial charge on any atom is 0.490 e. The lowest BCUT2D eigenvalue weighted by atomic mass is 9.83. The predicted octanol–water partition coefficient (Wildman–Crippen LogP) is 2.73. The van der Waals surface area contributed by atoms with Gasteiger partial charge in [-0.25, -0.2) is 19.7 Å². The van der Waals surface area contributed by atoms with Crippen molar-refractivity contribution in [3.63, 3.8) is 0 Å². The number of rotatable bonds is 6. The molecule has 13 heteroatoms. The van der Waals surface area contributed by atoms with Crippen molar-refractivity contribution in [3.05, 3.63) is 39.9 Å². The van der Waals surface area contributed by atoms with Crippen molar-refractivity contribution in [1.29, 1.82) is 0 Å². The molecule has 2 aliphatic rings. The number of amides is 1. The van der Waals surface area contributed by atoms with Crippen LogP contribution in [0.1, 0.15) is 34.2 Å². The Hall–Kier alpha value is -2.64. The minimum Gasteiger partial charge on any atom is -0.475 e. The number of aryl methyl sites for hydroxylation is 2. The molecule has 4 heterocycles. The molecular formula is C22H28F3N5O4S. The lowest BCUT2D eigenvalue weighted by Crippen LogP contribution is -2.41. The number of carboxylic acids is 1. The van der Waals surface area contributed by atoms with Crippen molar-refractivity contribution in [3.8, 4) is 0 Å². The Morgan fingerprint density at radius 3 is 2.57 bits per heavy atom. The van der Waals surface area contributed by atoms with Gasteiger partial charge in [-0.05, 0) is 38.8 Å². The first-order valence-electron chi connectivity index (χ1n) is 11.1.